The molecule has 1 heterocycles. The number of aromatic nitrogens is 4. The van der Waals surface area contributed by atoms with Crippen molar-refractivity contribution in [2.24, 2.45) is 0 Å². The van der Waals surface area contributed by atoms with Gasteiger partial charge in [-0.3, -0.25) is 4.21 Å². The van der Waals surface area contributed by atoms with Crippen molar-refractivity contribution in [3.8, 4) is 5.69 Å². The van der Waals surface area contributed by atoms with E-state index < -0.39 is 45.1 Å². The van der Waals surface area contributed by atoms with Gasteiger partial charge in [0.1, 0.15) is 0 Å². The minimum atomic E-state index is -5.07. The molecule has 0 amide bonds. The van der Waals surface area contributed by atoms with Gasteiger partial charge in [-0.25, -0.2) is 0 Å². The van der Waals surface area contributed by atoms with Crippen LogP contribution in [-0.4, -0.2) is 30.7 Å². The average Bonchev–Trinajstić information content (AvgIpc) is 2.85. The molecule has 2 rings (SSSR count). The molecule has 0 aliphatic rings. The highest BCUT2D eigenvalue weighted by atomic mass is 32.2. The molecule has 12 heteroatoms. The molecule has 1 unspecified atom stereocenters. The second-order valence-electron chi connectivity index (χ2n) is 4.05. The Morgan fingerprint density at radius 1 is 1.09 bits per heavy atom. The summed E-state index contributed by atoms with van der Waals surface area (Å²) in [6.07, 6.45) is -8.88. The van der Waals surface area contributed by atoms with Crippen molar-refractivity contribution in [2.45, 2.75) is 17.5 Å². The smallest absolute Gasteiger partial charge is 0.251 e. The van der Waals surface area contributed by atoms with Crippen LogP contribution in [0.1, 0.15) is 11.1 Å². The van der Waals surface area contributed by atoms with Crippen LogP contribution >= 0.6 is 0 Å². The van der Waals surface area contributed by atoms with Crippen LogP contribution < -0.4 is 0 Å². The van der Waals surface area contributed by atoms with Crippen molar-refractivity contribution >= 4 is 10.8 Å². The molecule has 1 aromatic heterocycles. The molecule has 0 bridgehead atoms. The van der Waals surface area contributed by atoms with E-state index in [0.29, 0.717) is 16.8 Å². The van der Waals surface area contributed by atoms with E-state index in [9.17, 15) is 30.6 Å². The van der Waals surface area contributed by atoms with Crippen molar-refractivity contribution in [1.82, 2.24) is 20.2 Å². The van der Waals surface area contributed by atoms with E-state index in [4.69, 9.17) is 0 Å². The standard InChI is InChI=1S/C10H6F6N4OS/c1-22(21)8-17-18-19-20(8)7-3-2-5(9(11,12)13)4-6(7)10(14,15)16/h2-4H,1H3. The lowest BCUT2D eigenvalue weighted by atomic mass is 10.1. The van der Waals surface area contributed by atoms with Crippen LogP contribution in [0.3, 0.4) is 0 Å². The van der Waals surface area contributed by atoms with Crippen molar-refractivity contribution in [3.63, 3.8) is 0 Å². The molecule has 2 aromatic rings. The number of hydrogen-bond donors (Lipinski definition) is 0. The van der Waals surface area contributed by atoms with Crippen molar-refractivity contribution in [3.05, 3.63) is 29.3 Å². The van der Waals surface area contributed by atoms with Gasteiger partial charge in [0.15, 0.2) is 0 Å². The van der Waals surface area contributed by atoms with Crippen LogP contribution in [0.4, 0.5) is 26.3 Å². The number of hydrogen-bond acceptors (Lipinski definition) is 4. The van der Waals surface area contributed by atoms with Gasteiger partial charge in [-0.05, 0) is 28.6 Å². The van der Waals surface area contributed by atoms with E-state index >= 15 is 0 Å². The molecule has 1 atom stereocenters. The fourth-order valence-electron chi connectivity index (χ4n) is 1.63. The number of nitrogens with zero attached hydrogens (tertiary/aromatic N) is 4. The summed E-state index contributed by atoms with van der Waals surface area (Å²) in [5.74, 6) is 0. The molecule has 0 aliphatic heterocycles. The summed E-state index contributed by atoms with van der Waals surface area (Å²) in [5, 5.41) is 9.24. The van der Waals surface area contributed by atoms with Crippen LogP contribution in [0.5, 0.6) is 0 Å². The van der Waals surface area contributed by atoms with Gasteiger partial charge in [0, 0.05) is 6.26 Å². The van der Waals surface area contributed by atoms with Gasteiger partial charge < -0.3 is 0 Å². The Balaban J connectivity index is 2.71. The third-order valence-electron chi connectivity index (χ3n) is 2.56. The first-order valence-electron chi connectivity index (χ1n) is 5.42. The monoisotopic (exact) mass is 344 g/mol. The normalized spacial score (nSPS) is 14.1. The summed E-state index contributed by atoms with van der Waals surface area (Å²) in [7, 11) is -1.83. The second kappa shape index (κ2) is 5.34. The molecular weight excluding hydrogens is 338 g/mol. The third-order valence-corrected chi connectivity index (χ3v) is 3.32. The summed E-state index contributed by atoms with van der Waals surface area (Å²) in [6, 6.07) is 1.01. The van der Waals surface area contributed by atoms with E-state index in [2.05, 4.69) is 15.5 Å². The SMILES string of the molecule is CS(=O)c1nnnn1-c1ccc(C(F)(F)F)cc1C(F)(F)F. The molecule has 0 saturated carbocycles. The largest absolute Gasteiger partial charge is 0.418 e. The number of halogens is 6. The molecule has 0 radical (unpaired) electrons. The molecule has 5 nitrogen and oxygen atoms in total. The topological polar surface area (TPSA) is 60.7 Å². The maximum Gasteiger partial charge on any atom is 0.418 e. The lowest BCUT2D eigenvalue weighted by Gasteiger charge is -2.15. The highest BCUT2D eigenvalue weighted by molar-refractivity contribution is 7.84. The van der Waals surface area contributed by atoms with E-state index in [0.717, 1.165) is 6.26 Å². The summed E-state index contributed by atoms with van der Waals surface area (Å²) in [4.78, 5) is 0. The fraction of sp³-hybridized carbons (Fsp3) is 0.300. The zero-order chi connectivity index (χ0) is 16.7. The summed E-state index contributed by atoms with van der Waals surface area (Å²) >= 11 is 0. The predicted octanol–water partition coefficient (Wildman–Crippen LogP) is 2.44. The zero-order valence-corrected chi connectivity index (χ0v) is 11.4. The Bertz CT molecular complexity index is 723. The van der Waals surface area contributed by atoms with Gasteiger partial charge in [-0.2, -0.15) is 31.0 Å². The maximum absolute atomic E-state index is 13.0. The van der Waals surface area contributed by atoms with Gasteiger partial charge in [0.2, 0.25) is 5.16 Å². The first kappa shape index (κ1) is 16.4. The Labute approximate surface area is 121 Å². The molecule has 0 saturated heterocycles. The van der Waals surface area contributed by atoms with E-state index in [1.54, 1.807) is 0 Å². The predicted molar refractivity (Wildman–Crippen MR) is 61.5 cm³/mol. The Morgan fingerprint density at radius 3 is 2.23 bits per heavy atom. The van der Waals surface area contributed by atoms with Gasteiger partial charge in [0.05, 0.1) is 27.6 Å². The van der Waals surface area contributed by atoms with Gasteiger partial charge in [-0.15, -0.1) is 0 Å². The molecule has 1 aromatic carbocycles. The summed E-state index contributed by atoms with van der Waals surface area (Å²) < 4.78 is 88.6. The lowest BCUT2D eigenvalue weighted by Crippen LogP contribution is -2.16. The van der Waals surface area contributed by atoms with Crippen molar-refractivity contribution < 1.29 is 30.6 Å². The first-order chi connectivity index (χ1) is 10.0. The number of benzene rings is 1. The van der Waals surface area contributed by atoms with Gasteiger partial charge in [-0.1, -0.05) is 5.10 Å². The third kappa shape index (κ3) is 3.10. The van der Waals surface area contributed by atoms with Crippen LogP contribution in [0, 0.1) is 0 Å². The Morgan fingerprint density at radius 2 is 1.73 bits per heavy atom. The molecule has 22 heavy (non-hydrogen) atoms. The van der Waals surface area contributed by atoms with E-state index in [1.165, 1.54) is 0 Å². The number of tetrazole rings is 1. The maximum atomic E-state index is 13.0. The summed E-state index contributed by atoms with van der Waals surface area (Å²) in [5.41, 5.74) is -3.78. The Hall–Kier alpha value is -1.98. The van der Waals surface area contributed by atoms with Crippen LogP contribution in [0.25, 0.3) is 5.69 Å². The highest BCUT2D eigenvalue weighted by Gasteiger charge is 2.39. The molecule has 0 N–H and O–H groups in total. The van der Waals surface area contributed by atoms with Crippen molar-refractivity contribution in [1.29, 1.82) is 0 Å². The van der Waals surface area contributed by atoms with Crippen LogP contribution in [0.15, 0.2) is 23.4 Å². The quantitative estimate of drug-likeness (QED) is 0.785. The zero-order valence-electron chi connectivity index (χ0n) is 10.6. The molecule has 120 valence electrons. The van der Waals surface area contributed by atoms with Gasteiger partial charge >= 0.3 is 12.4 Å². The van der Waals surface area contributed by atoms with Crippen LogP contribution in [-0.2, 0) is 23.2 Å². The average molecular weight is 344 g/mol. The number of alkyl halides is 6. The summed E-state index contributed by atoms with van der Waals surface area (Å²) in [6.45, 7) is 0. The number of rotatable bonds is 2. The lowest BCUT2D eigenvalue weighted by molar-refractivity contribution is -0.143. The van der Waals surface area contributed by atoms with E-state index in [-0.39, 0.29) is 6.07 Å². The Kier molecular flexibility index (Phi) is 3.98. The first-order valence-corrected chi connectivity index (χ1v) is 6.98. The molecule has 0 aliphatic carbocycles. The minimum Gasteiger partial charge on any atom is -0.251 e. The fourth-order valence-corrected chi connectivity index (χ4v) is 2.16. The molecular formula is C10H6F6N4OS. The van der Waals surface area contributed by atoms with Crippen LogP contribution in [0.2, 0.25) is 0 Å². The molecule has 0 spiro atoms. The van der Waals surface area contributed by atoms with Gasteiger partial charge in [0.25, 0.3) is 0 Å². The van der Waals surface area contributed by atoms with E-state index in [1.807, 2.05) is 0 Å². The van der Waals surface area contributed by atoms with Crippen molar-refractivity contribution in [2.75, 3.05) is 6.26 Å². The highest BCUT2D eigenvalue weighted by Crippen LogP contribution is 2.38. The second-order valence-corrected chi connectivity index (χ2v) is 5.33. The minimum absolute atomic E-state index is 0.0423. The molecule has 0 fully saturated rings.